The highest BCUT2D eigenvalue weighted by Crippen LogP contribution is 2.28. The molecular formula is C16H20N8O. The minimum atomic E-state index is -0.147. The molecule has 25 heavy (non-hydrogen) atoms. The van der Waals surface area contributed by atoms with E-state index in [1.54, 1.807) is 12.4 Å². The van der Waals surface area contributed by atoms with Crippen LogP contribution in [0.25, 0.3) is 5.65 Å². The second kappa shape index (κ2) is 6.15. The van der Waals surface area contributed by atoms with E-state index in [1.807, 2.05) is 40.5 Å². The second-order valence-electron chi connectivity index (χ2n) is 6.42. The van der Waals surface area contributed by atoms with Gasteiger partial charge in [-0.1, -0.05) is 0 Å². The molecule has 130 valence electrons. The van der Waals surface area contributed by atoms with Gasteiger partial charge in [0.15, 0.2) is 17.3 Å². The van der Waals surface area contributed by atoms with E-state index in [0.29, 0.717) is 5.82 Å². The molecule has 3 aromatic rings. The van der Waals surface area contributed by atoms with E-state index in [1.165, 1.54) is 0 Å². The Bertz CT molecular complexity index is 938. The van der Waals surface area contributed by atoms with Gasteiger partial charge in [0.25, 0.3) is 5.56 Å². The highest BCUT2D eigenvalue weighted by Gasteiger charge is 2.26. The molecule has 0 bridgehead atoms. The summed E-state index contributed by atoms with van der Waals surface area (Å²) in [5, 5.41) is 13.2. The first-order valence-corrected chi connectivity index (χ1v) is 8.32. The molecular weight excluding hydrogens is 320 g/mol. The monoisotopic (exact) mass is 340 g/mol. The normalized spacial score (nSPS) is 15.7. The lowest BCUT2D eigenvalue weighted by molar-refractivity contribution is 0.474. The quantitative estimate of drug-likeness (QED) is 0.748. The van der Waals surface area contributed by atoms with Crippen LogP contribution in [0.15, 0.2) is 29.3 Å². The van der Waals surface area contributed by atoms with Gasteiger partial charge in [0.2, 0.25) is 0 Å². The molecule has 1 aliphatic rings. The van der Waals surface area contributed by atoms with Crippen molar-refractivity contribution in [1.29, 1.82) is 0 Å². The first-order valence-electron chi connectivity index (χ1n) is 8.32. The van der Waals surface area contributed by atoms with Gasteiger partial charge in [0.1, 0.15) is 5.82 Å². The van der Waals surface area contributed by atoms with E-state index >= 15 is 0 Å². The summed E-state index contributed by atoms with van der Waals surface area (Å²) in [7, 11) is 3.92. The van der Waals surface area contributed by atoms with Crippen LogP contribution in [0.2, 0.25) is 0 Å². The molecule has 1 saturated heterocycles. The summed E-state index contributed by atoms with van der Waals surface area (Å²) in [4.78, 5) is 22.8. The summed E-state index contributed by atoms with van der Waals surface area (Å²) >= 11 is 0. The predicted molar refractivity (Wildman–Crippen MR) is 94.2 cm³/mol. The number of hydrogen-bond donors (Lipinski definition) is 1. The van der Waals surface area contributed by atoms with Gasteiger partial charge in [0, 0.05) is 45.5 Å². The third-order valence-electron chi connectivity index (χ3n) is 4.58. The number of piperidine rings is 1. The minimum Gasteiger partial charge on any atom is -0.361 e. The second-order valence-corrected chi connectivity index (χ2v) is 6.42. The van der Waals surface area contributed by atoms with E-state index in [4.69, 9.17) is 0 Å². The van der Waals surface area contributed by atoms with Crippen molar-refractivity contribution in [3.8, 4) is 0 Å². The summed E-state index contributed by atoms with van der Waals surface area (Å²) in [6, 6.07) is 3.87. The Morgan fingerprint density at radius 2 is 2.00 bits per heavy atom. The number of aromatic amines is 1. The Balaban J connectivity index is 1.57. The molecule has 0 saturated carbocycles. The van der Waals surface area contributed by atoms with Gasteiger partial charge in [0.05, 0.1) is 0 Å². The zero-order valence-electron chi connectivity index (χ0n) is 14.3. The summed E-state index contributed by atoms with van der Waals surface area (Å²) in [6.07, 6.45) is 4.92. The van der Waals surface area contributed by atoms with Crippen LogP contribution in [0.1, 0.15) is 24.6 Å². The van der Waals surface area contributed by atoms with Crippen LogP contribution in [0.5, 0.6) is 0 Å². The van der Waals surface area contributed by atoms with Gasteiger partial charge in [-0.15, -0.1) is 15.3 Å². The van der Waals surface area contributed by atoms with E-state index in [0.717, 1.165) is 43.2 Å². The van der Waals surface area contributed by atoms with Gasteiger partial charge >= 0.3 is 0 Å². The Hall–Kier alpha value is -2.97. The summed E-state index contributed by atoms with van der Waals surface area (Å²) < 4.78 is 1.84. The number of fused-ring (bicyclic) bond motifs is 1. The fourth-order valence-electron chi connectivity index (χ4n) is 3.21. The molecule has 0 spiro atoms. The van der Waals surface area contributed by atoms with Crippen molar-refractivity contribution in [1.82, 2.24) is 29.8 Å². The standard InChI is InChI=1S/C16H20N8O/c1-22(2)13-4-3-12-19-20-14(24(12)21-13)11-5-9-23(10-6-11)15-16(25)18-8-7-17-15/h3-4,7-8,11H,5-6,9-10H2,1-2H3,(H,18,25). The largest absolute Gasteiger partial charge is 0.361 e. The number of aromatic nitrogens is 6. The molecule has 0 unspecified atom stereocenters. The molecule has 4 heterocycles. The molecule has 0 atom stereocenters. The maximum absolute atomic E-state index is 11.9. The summed E-state index contributed by atoms with van der Waals surface area (Å²) in [6.45, 7) is 1.51. The average Bonchev–Trinajstić information content (AvgIpc) is 3.05. The number of H-pyrrole nitrogens is 1. The number of anilines is 2. The maximum Gasteiger partial charge on any atom is 0.290 e. The smallest absolute Gasteiger partial charge is 0.290 e. The average molecular weight is 340 g/mol. The van der Waals surface area contributed by atoms with E-state index < -0.39 is 0 Å². The zero-order valence-corrected chi connectivity index (χ0v) is 14.3. The van der Waals surface area contributed by atoms with Crippen molar-refractivity contribution in [2.45, 2.75) is 18.8 Å². The van der Waals surface area contributed by atoms with Crippen molar-refractivity contribution in [2.24, 2.45) is 0 Å². The van der Waals surface area contributed by atoms with E-state index in [9.17, 15) is 4.79 Å². The SMILES string of the molecule is CN(C)c1ccc2nnc(C3CCN(c4ncc[nH]c4=O)CC3)n2n1. The van der Waals surface area contributed by atoms with Gasteiger partial charge in [-0.2, -0.15) is 4.52 Å². The zero-order chi connectivity index (χ0) is 17.4. The molecule has 0 amide bonds. The topological polar surface area (TPSA) is 95.3 Å². The number of nitrogens with zero attached hydrogens (tertiary/aromatic N) is 7. The fraction of sp³-hybridized carbons (Fsp3) is 0.438. The molecule has 0 aliphatic carbocycles. The molecule has 0 aromatic carbocycles. The Morgan fingerprint density at radius 1 is 1.20 bits per heavy atom. The molecule has 0 radical (unpaired) electrons. The van der Waals surface area contributed by atoms with Crippen LogP contribution in [0.3, 0.4) is 0 Å². The molecule has 1 aliphatic heterocycles. The van der Waals surface area contributed by atoms with Crippen LogP contribution in [-0.4, -0.2) is 57.0 Å². The lowest BCUT2D eigenvalue weighted by atomic mass is 9.96. The predicted octanol–water partition coefficient (Wildman–Crippen LogP) is 0.658. The van der Waals surface area contributed by atoms with Gasteiger partial charge in [-0.3, -0.25) is 4.79 Å². The summed E-state index contributed by atoms with van der Waals surface area (Å²) in [5.74, 6) is 2.50. The molecule has 4 rings (SSSR count). The highest BCUT2D eigenvalue weighted by molar-refractivity contribution is 5.45. The summed E-state index contributed by atoms with van der Waals surface area (Å²) in [5.41, 5.74) is 0.607. The van der Waals surface area contributed by atoms with Crippen molar-refractivity contribution in [3.63, 3.8) is 0 Å². The van der Waals surface area contributed by atoms with Crippen LogP contribution in [0, 0.1) is 0 Å². The Labute approximate surface area is 144 Å². The van der Waals surface area contributed by atoms with Crippen molar-refractivity contribution in [2.75, 3.05) is 37.0 Å². The molecule has 9 heteroatoms. The molecule has 3 aromatic heterocycles. The number of rotatable bonds is 3. The Morgan fingerprint density at radius 3 is 2.72 bits per heavy atom. The van der Waals surface area contributed by atoms with Crippen molar-refractivity contribution >= 4 is 17.3 Å². The van der Waals surface area contributed by atoms with Crippen molar-refractivity contribution in [3.05, 3.63) is 40.7 Å². The highest BCUT2D eigenvalue weighted by atomic mass is 16.1. The van der Waals surface area contributed by atoms with Crippen LogP contribution >= 0.6 is 0 Å². The van der Waals surface area contributed by atoms with Crippen molar-refractivity contribution < 1.29 is 0 Å². The molecule has 1 fully saturated rings. The van der Waals surface area contributed by atoms with Gasteiger partial charge < -0.3 is 14.8 Å². The van der Waals surface area contributed by atoms with Gasteiger partial charge in [-0.05, 0) is 25.0 Å². The fourth-order valence-corrected chi connectivity index (χ4v) is 3.21. The van der Waals surface area contributed by atoms with Gasteiger partial charge in [-0.25, -0.2) is 4.98 Å². The molecule has 9 nitrogen and oxygen atoms in total. The van der Waals surface area contributed by atoms with Crippen LogP contribution < -0.4 is 15.4 Å². The number of hydrogen-bond acceptors (Lipinski definition) is 7. The number of nitrogens with one attached hydrogen (secondary N) is 1. The van der Waals surface area contributed by atoms with E-state index in [-0.39, 0.29) is 11.5 Å². The third kappa shape index (κ3) is 2.81. The maximum atomic E-state index is 11.9. The third-order valence-corrected chi connectivity index (χ3v) is 4.58. The minimum absolute atomic E-state index is 0.147. The first kappa shape index (κ1) is 15.6. The lowest BCUT2D eigenvalue weighted by Crippen LogP contribution is -2.37. The first-order chi connectivity index (χ1) is 12.1. The molecule has 1 N–H and O–H groups in total. The Kier molecular flexibility index (Phi) is 3.83. The van der Waals surface area contributed by atoms with E-state index in [2.05, 4.69) is 25.3 Å². The lowest BCUT2D eigenvalue weighted by Gasteiger charge is -2.31. The van der Waals surface area contributed by atoms with Crippen LogP contribution in [0.4, 0.5) is 11.6 Å². The van der Waals surface area contributed by atoms with Crippen LogP contribution in [-0.2, 0) is 0 Å².